The van der Waals surface area contributed by atoms with Gasteiger partial charge < -0.3 is 10.2 Å². The standard InChI is InChI=1S/C15H18ClF3N2/c16-11-1-4-14(13(7-11)15(17,18)19)21-6-5-10(9-21)8-20-12-2-3-12/h1,4,7,10,12,20H,2-3,5-6,8-9H2. The summed E-state index contributed by atoms with van der Waals surface area (Å²) in [5.74, 6) is 0.419. The van der Waals surface area contributed by atoms with E-state index in [1.807, 2.05) is 4.90 Å². The predicted molar refractivity (Wildman–Crippen MR) is 77.8 cm³/mol. The van der Waals surface area contributed by atoms with Gasteiger partial charge in [0, 0.05) is 29.8 Å². The Hall–Kier alpha value is -0.940. The lowest BCUT2D eigenvalue weighted by atomic mass is 10.1. The molecule has 0 amide bonds. The molecule has 21 heavy (non-hydrogen) atoms. The van der Waals surface area contributed by atoms with Crippen LogP contribution in [0, 0.1) is 5.92 Å². The molecule has 1 aliphatic heterocycles. The van der Waals surface area contributed by atoms with E-state index in [4.69, 9.17) is 11.6 Å². The third-order valence-corrected chi connectivity index (χ3v) is 4.40. The van der Waals surface area contributed by atoms with Crippen molar-refractivity contribution >= 4 is 17.3 Å². The minimum absolute atomic E-state index is 0.122. The summed E-state index contributed by atoms with van der Waals surface area (Å²) in [6.07, 6.45) is -0.984. The third-order valence-electron chi connectivity index (χ3n) is 4.16. The number of alkyl halides is 3. The molecule has 3 rings (SSSR count). The summed E-state index contributed by atoms with van der Waals surface area (Å²) in [5.41, 5.74) is -0.383. The largest absolute Gasteiger partial charge is 0.418 e. The molecular formula is C15H18ClF3N2. The van der Waals surface area contributed by atoms with Crippen LogP contribution in [-0.2, 0) is 6.18 Å². The van der Waals surface area contributed by atoms with Crippen molar-refractivity contribution in [3.63, 3.8) is 0 Å². The second-order valence-electron chi connectivity index (χ2n) is 5.94. The highest BCUT2D eigenvalue weighted by Crippen LogP contribution is 2.39. The first-order valence-electron chi connectivity index (χ1n) is 7.28. The molecule has 2 fully saturated rings. The quantitative estimate of drug-likeness (QED) is 0.904. The van der Waals surface area contributed by atoms with Crippen LogP contribution in [0.25, 0.3) is 0 Å². The number of hydrogen-bond acceptors (Lipinski definition) is 2. The molecule has 1 atom stereocenters. The first-order chi connectivity index (χ1) is 9.93. The summed E-state index contributed by atoms with van der Waals surface area (Å²) in [5, 5.41) is 3.58. The second-order valence-corrected chi connectivity index (χ2v) is 6.38. The van der Waals surface area contributed by atoms with E-state index in [2.05, 4.69) is 5.32 Å². The van der Waals surface area contributed by atoms with Crippen molar-refractivity contribution in [1.29, 1.82) is 0 Å². The Bertz CT molecular complexity index is 514. The zero-order valence-electron chi connectivity index (χ0n) is 11.6. The lowest BCUT2D eigenvalue weighted by Gasteiger charge is -2.23. The van der Waals surface area contributed by atoms with Crippen molar-refractivity contribution in [3.05, 3.63) is 28.8 Å². The fraction of sp³-hybridized carbons (Fsp3) is 0.600. The number of nitrogens with one attached hydrogen (secondary N) is 1. The third kappa shape index (κ3) is 3.64. The fourth-order valence-corrected chi connectivity index (χ4v) is 3.02. The maximum atomic E-state index is 13.1. The summed E-state index contributed by atoms with van der Waals surface area (Å²) < 4.78 is 39.4. The highest BCUT2D eigenvalue weighted by atomic mass is 35.5. The van der Waals surface area contributed by atoms with Gasteiger partial charge in [0.05, 0.1) is 5.56 Å². The van der Waals surface area contributed by atoms with Crippen LogP contribution >= 0.6 is 11.6 Å². The van der Waals surface area contributed by atoms with Gasteiger partial charge in [-0.1, -0.05) is 11.6 Å². The summed E-state index contributed by atoms with van der Waals surface area (Å²) in [6.45, 7) is 2.24. The van der Waals surface area contributed by atoms with E-state index in [1.54, 1.807) is 0 Å². The topological polar surface area (TPSA) is 15.3 Å². The fourth-order valence-electron chi connectivity index (χ4n) is 2.85. The Morgan fingerprint density at radius 3 is 2.67 bits per heavy atom. The van der Waals surface area contributed by atoms with Crippen LogP contribution in [0.2, 0.25) is 5.02 Å². The number of rotatable bonds is 4. The van der Waals surface area contributed by atoms with Gasteiger partial charge in [0.15, 0.2) is 0 Å². The van der Waals surface area contributed by atoms with Crippen LogP contribution < -0.4 is 10.2 Å². The van der Waals surface area contributed by atoms with E-state index in [0.29, 0.717) is 25.0 Å². The second kappa shape index (κ2) is 5.69. The molecule has 0 spiro atoms. The van der Waals surface area contributed by atoms with Crippen molar-refractivity contribution in [2.45, 2.75) is 31.5 Å². The van der Waals surface area contributed by atoms with Gasteiger partial charge in [0.2, 0.25) is 0 Å². The van der Waals surface area contributed by atoms with Crippen molar-refractivity contribution < 1.29 is 13.2 Å². The lowest BCUT2D eigenvalue weighted by molar-refractivity contribution is -0.137. The number of halogens is 4. The van der Waals surface area contributed by atoms with Gasteiger partial charge in [-0.2, -0.15) is 13.2 Å². The molecule has 1 unspecified atom stereocenters. The Kier molecular flexibility index (Phi) is 4.06. The zero-order chi connectivity index (χ0) is 15.0. The SMILES string of the molecule is FC(F)(F)c1cc(Cl)ccc1N1CCC(CNC2CC2)C1. The van der Waals surface area contributed by atoms with Crippen LogP contribution in [-0.4, -0.2) is 25.7 Å². The molecule has 1 saturated carbocycles. The van der Waals surface area contributed by atoms with Gasteiger partial charge in [-0.3, -0.25) is 0 Å². The molecule has 1 aromatic carbocycles. The summed E-state index contributed by atoms with van der Waals surface area (Å²) in [6, 6.07) is 4.68. The molecule has 0 radical (unpaired) electrons. The van der Waals surface area contributed by atoms with Crippen molar-refractivity contribution in [2.24, 2.45) is 5.92 Å². The van der Waals surface area contributed by atoms with Crippen LogP contribution in [0.5, 0.6) is 0 Å². The van der Waals surface area contributed by atoms with Crippen LogP contribution in [0.4, 0.5) is 18.9 Å². The Morgan fingerprint density at radius 1 is 1.24 bits per heavy atom. The van der Waals surface area contributed by atoms with Crippen molar-refractivity contribution in [1.82, 2.24) is 5.32 Å². The first-order valence-corrected chi connectivity index (χ1v) is 7.66. The van der Waals surface area contributed by atoms with Gasteiger partial charge >= 0.3 is 6.18 Å². The smallest absolute Gasteiger partial charge is 0.371 e. The summed E-state index contributed by atoms with van der Waals surface area (Å²) in [4.78, 5) is 1.83. The molecule has 2 aliphatic rings. The minimum Gasteiger partial charge on any atom is -0.371 e. The molecule has 1 N–H and O–H groups in total. The van der Waals surface area contributed by atoms with Gasteiger partial charge in [0.1, 0.15) is 0 Å². The van der Waals surface area contributed by atoms with Gasteiger partial charge in [-0.25, -0.2) is 0 Å². The maximum Gasteiger partial charge on any atom is 0.418 e. The summed E-state index contributed by atoms with van der Waals surface area (Å²) in [7, 11) is 0. The minimum atomic E-state index is -4.37. The van der Waals surface area contributed by atoms with Crippen LogP contribution in [0.15, 0.2) is 18.2 Å². The Labute approximate surface area is 127 Å². The highest BCUT2D eigenvalue weighted by molar-refractivity contribution is 6.30. The van der Waals surface area contributed by atoms with Gasteiger partial charge in [-0.15, -0.1) is 0 Å². The summed E-state index contributed by atoms with van der Waals surface area (Å²) >= 11 is 5.72. The van der Waals surface area contributed by atoms with E-state index in [1.165, 1.54) is 25.0 Å². The molecular weight excluding hydrogens is 301 g/mol. The van der Waals surface area contributed by atoms with Gasteiger partial charge in [-0.05, 0) is 49.9 Å². The average Bonchev–Trinajstić information content (AvgIpc) is 3.13. The molecule has 116 valence electrons. The molecule has 1 aliphatic carbocycles. The van der Waals surface area contributed by atoms with E-state index in [-0.39, 0.29) is 10.7 Å². The molecule has 0 bridgehead atoms. The monoisotopic (exact) mass is 318 g/mol. The number of benzene rings is 1. The molecule has 2 nitrogen and oxygen atoms in total. The van der Waals surface area contributed by atoms with E-state index < -0.39 is 11.7 Å². The molecule has 6 heteroatoms. The predicted octanol–water partition coefficient (Wildman–Crippen LogP) is 3.94. The molecule has 1 heterocycles. The van der Waals surface area contributed by atoms with E-state index in [9.17, 15) is 13.2 Å². The van der Waals surface area contributed by atoms with Gasteiger partial charge in [0.25, 0.3) is 0 Å². The normalized spacial score (nSPS) is 22.9. The number of hydrogen-bond donors (Lipinski definition) is 1. The molecule has 0 aromatic heterocycles. The average molecular weight is 319 g/mol. The van der Waals surface area contributed by atoms with Crippen LogP contribution in [0.3, 0.4) is 0 Å². The number of nitrogens with zero attached hydrogens (tertiary/aromatic N) is 1. The maximum absolute atomic E-state index is 13.1. The van der Waals surface area contributed by atoms with E-state index >= 15 is 0 Å². The highest BCUT2D eigenvalue weighted by Gasteiger charge is 2.36. The first kappa shape index (κ1) is 15.0. The lowest BCUT2D eigenvalue weighted by Crippen LogP contribution is -2.28. The Morgan fingerprint density at radius 2 is 2.00 bits per heavy atom. The van der Waals surface area contributed by atoms with Crippen LogP contribution in [0.1, 0.15) is 24.8 Å². The zero-order valence-corrected chi connectivity index (χ0v) is 12.3. The molecule has 1 aromatic rings. The Balaban J connectivity index is 1.71. The number of anilines is 1. The van der Waals surface area contributed by atoms with E-state index in [0.717, 1.165) is 19.0 Å². The molecule has 1 saturated heterocycles. The van der Waals surface area contributed by atoms with Crippen molar-refractivity contribution in [2.75, 3.05) is 24.5 Å². The van der Waals surface area contributed by atoms with Crippen molar-refractivity contribution in [3.8, 4) is 0 Å².